The van der Waals surface area contributed by atoms with Crippen molar-refractivity contribution in [2.45, 2.75) is 13.3 Å². The Hall–Kier alpha value is -1.50. The van der Waals surface area contributed by atoms with E-state index in [1.165, 1.54) is 0 Å². The van der Waals surface area contributed by atoms with Crippen molar-refractivity contribution in [3.8, 4) is 16.3 Å². The number of rotatable bonds is 9. The average molecular weight is 307 g/mol. The molecule has 0 fully saturated rings. The van der Waals surface area contributed by atoms with Gasteiger partial charge in [0.2, 0.25) is 0 Å². The number of benzene rings is 1. The second-order valence-electron chi connectivity index (χ2n) is 4.42. The van der Waals surface area contributed by atoms with Crippen molar-refractivity contribution in [3.05, 3.63) is 29.3 Å². The topological polar surface area (TPSA) is 56.3 Å². The molecule has 0 bridgehead atoms. The highest BCUT2D eigenvalue weighted by Crippen LogP contribution is 2.31. The third-order valence-electron chi connectivity index (χ3n) is 2.88. The maximum absolute atomic E-state index is 5.64. The van der Waals surface area contributed by atoms with Gasteiger partial charge in [0, 0.05) is 26.6 Å². The molecule has 21 heavy (non-hydrogen) atoms. The van der Waals surface area contributed by atoms with Gasteiger partial charge in [-0.15, -0.1) is 10.2 Å². The van der Waals surface area contributed by atoms with Crippen molar-refractivity contribution in [1.82, 2.24) is 15.5 Å². The molecular weight excluding hydrogens is 286 g/mol. The summed E-state index contributed by atoms with van der Waals surface area (Å²) in [7, 11) is 1.70. The molecule has 1 aromatic heterocycles. The van der Waals surface area contributed by atoms with Gasteiger partial charge in [-0.3, -0.25) is 0 Å². The van der Waals surface area contributed by atoms with Crippen LogP contribution in [0.3, 0.4) is 0 Å². The van der Waals surface area contributed by atoms with Crippen molar-refractivity contribution in [3.63, 3.8) is 0 Å². The molecule has 0 saturated carbocycles. The van der Waals surface area contributed by atoms with Gasteiger partial charge in [0.05, 0.1) is 18.8 Å². The average Bonchev–Trinajstić information content (AvgIpc) is 2.97. The first-order valence-electron chi connectivity index (χ1n) is 7.09. The lowest BCUT2D eigenvalue weighted by molar-refractivity contribution is 0.199. The molecule has 114 valence electrons. The smallest absolute Gasteiger partial charge is 0.151 e. The first kappa shape index (κ1) is 15.9. The molecule has 1 aromatic carbocycles. The van der Waals surface area contributed by atoms with Crippen LogP contribution in [0, 0.1) is 0 Å². The summed E-state index contributed by atoms with van der Waals surface area (Å²) in [5, 5.41) is 13.8. The molecule has 5 nitrogen and oxygen atoms in total. The minimum atomic E-state index is 0.645. The first-order chi connectivity index (χ1) is 10.3. The van der Waals surface area contributed by atoms with E-state index in [0.717, 1.165) is 47.4 Å². The first-order valence-corrected chi connectivity index (χ1v) is 7.91. The van der Waals surface area contributed by atoms with Crippen molar-refractivity contribution in [2.75, 3.05) is 33.4 Å². The van der Waals surface area contributed by atoms with Gasteiger partial charge in [-0.05, 0) is 19.1 Å². The molecular formula is C15H21N3O2S. The van der Waals surface area contributed by atoms with Crippen LogP contribution < -0.4 is 10.1 Å². The Labute approximate surface area is 129 Å². The van der Waals surface area contributed by atoms with E-state index in [4.69, 9.17) is 9.47 Å². The standard InChI is InChI=1S/C15H21N3O2S/c1-3-20-13-7-5-4-6-12(13)15-18-17-14(21-15)8-9-16-10-11-19-2/h4-7,16H,3,8-11H2,1-2H3. The molecule has 0 aliphatic carbocycles. The molecule has 0 unspecified atom stereocenters. The summed E-state index contributed by atoms with van der Waals surface area (Å²) in [6.45, 7) is 5.09. The monoisotopic (exact) mass is 307 g/mol. The zero-order valence-corrected chi connectivity index (χ0v) is 13.3. The second-order valence-corrected chi connectivity index (χ2v) is 5.48. The molecule has 0 amide bonds. The molecule has 2 rings (SSSR count). The van der Waals surface area contributed by atoms with Crippen LogP contribution in [0.5, 0.6) is 5.75 Å². The Morgan fingerprint density at radius 3 is 2.86 bits per heavy atom. The van der Waals surface area contributed by atoms with E-state index in [-0.39, 0.29) is 0 Å². The van der Waals surface area contributed by atoms with Crippen LogP contribution in [0.15, 0.2) is 24.3 Å². The SMILES string of the molecule is CCOc1ccccc1-c1nnc(CCNCCOC)s1. The number of nitrogens with one attached hydrogen (secondary N) is 1. The van der Waals surface area contributed by atoms with Crippen molar-refractivity contribution < 1.29 is 9.47 Å². The van der Waals surface area contributed by atoms with E-state index in [1.54, 1.807) is 18.4 Å². The quantitative estimate of drug-likeness (QED) is 0.721. The van der Waals surface area contributed by atoms with Gasteiger partial charge >= 0.3 is 0 Å². The van der Waals surface area contributed by atoms with Gasteiger partial charge in [-0.1, -0.05) is 23.5 Å². The van der Waals surface area contributed by atoms with Crippen LogP contribution in [0.4, 0.5) is 0 Å². The fourth-order valence-corrected chi connectivity index (χ4v) is 2.75. The zero-order chi connectivity index (χ0) is 14.9. The Morgan fingerprint density at radius 2 is 2.05 bits per heavy atom. The number of hydrogen-bond donors (Lipinski definition) is 1. The van der Waals surface area contributed by atoms with E-state index in [1.807, 2.05) is 31.2 Å². The van der Waals surface area contributed by atoms with Gasteiger partial charge in [0.25, 0.3) is 0 Å². The van der Waals surface area contributed by atoms with Crippen molar-refractivity contribution >= 4 is 11.3 Å². The molecule has 1 heterocycles. The summed E-state index contributed by atoms with van der Waals surface area (Å²) >= 11 is 1.62. The highest BCUT2D eigenvalue weighted by Gasteiger charge is 2.11. The lowest BCUT2D eigenvalue weighted by atomic mass is 10.2. The number of aromatic nitrogens is 2. The highest BCUT2D eigenvalue weighted by atomic mass is 32.1. The van der Waals surface area contributed by atoms with Crippen LogP contribution in [-0.4, -0.2) is 43.6 Å². The minimum absolute atomic E-state index is 0.645. The summed E-state index contributed by atoms with van der Waals surface area (Å²) < 4.78 is 10.6. The number of hydrogen-bond acceptors (Lipinski definition) is 6. The number of ether oxygens (including phenoxy) is 2. The van der Waals surface area contributed by atoms with E-state index in [0.29, 0.717) is 6.61 Å². The van der Waals surface area contributed by atoms with Crippen LogP contribution in [0.2, 0.25) is 0 Å². The second kappa shape index (κ2) is 8.71. The summed E-state index contributed by atoms with van der Waals surface area (Å²) in [4.78, 5) is 0. The third-order valence-corrected chi connectivity index (χ3v) is 3.90. The molecule has 0 aliphatic heterocycles. The molecule has 0 radical (unpaired) electrons. The van der Waals surface area contributed by atoms with Gasteiger partial charge in [0.1, 0.15) is 10.8 Å². The maximum atomic E-state index is 5.64. The largest absolute Gasteiger partial charge is 0.493 e. The summed E-state index contributed by atoms with van der Waals surface area (Å²) in [5.74, 6) is 0.862. The molecule has 0 spiro atoms. The predicted octanol–water partition coefficient (Wildman–Crippen LogP) is 2.38. The Kier molecular flexibility index (Phi) is 6.59. The number of nitrogens with zero attached hydrogens (tertiary/aromatic N) is 2. The molecule has 2 aromatic rings. The molecule has 0 saturated heterocycles. The van der Waals surface area contributed by atoms with E-state index in [2.05, 4.69) is 15.5 Å². The van der Waals surface area contributed by atoms with Crippen molar-refractivity contribution in [2.24, 2.45) is 0 Å². The van der Waals surface area contributed by atoms with Gasteiger partial charge in [0.15, 0.2) is 5.01 Å². The van der Waals surface area contributed by atoms with Crippen LogP contribution in [-0.2, 0) is 11.2 Å². The Balaban J connectivity index is 1.96. The predicted molar refractivity (Wildman–Crippen MR) is 85.0 cm³/mol. The van der Waals surface area contributed by atoms with Crippen LogP contribution in [0.1, 0.15) is 11.9 Å². The lowest BCUT2D eigenvalue weighted by Gasteiger charge is -2.06. The minimum Gasteiger partial charge on any atom is -0.493 e. The third kappa shape index (κ3) is 4.77. The maximum Gasteiger partial charge on any atom is 0.151 e. The molecule has 6 heteroatoms. The highest BCUT2D eigenvalue weighted by molar-refractivity contribution is 7.14. The molecule has 0 aliphatic rings. The van der Waals surface area contributed by atoms with Gasteiger partial charge in [-0.2, -0.15) is 0 Å². The van der Waals surface area contributed by atoms with Crippen LogP contribution >= 0.6 is 11.3 Å². The van der Waals surface area contributed by atoms with E-state index >= 15 is 0 Å². The number of para-hydroxylation sites is 1. The summed E-state index contributed by atoms with van der Waals surface area (Å²) in [6, 6.07) is 7.94. The summed E-state index contributed by atoms with van der Waals surface area (Å²) in [5.41, 5.74) is 1.01. The van der Waals surface area contributed by atoms with E-state index in [9.17, 15) is 0 Å². The van der Waals surface area contributed by atoms with Gasteiger partial charge < -0.3 is 14.8 Å². The Bertz CT molecular complexity index is 545. The fraction of sp³-hybridized carbons (Fsp3) is 0.467. The molecule has 1 N–H and O–H groups in total. The zero-order valence-electron chi connectivity index (χ0n) is 12.5. The van der Waals surface area contributed by atoms with Gasteiger partial charge in [-0.25, -0.2) is 0 Å². The normalized spacial score (nSPS) is 10.8. The number of methoxy groups -OCH3 is 1. The van der Waals surface area contributed by atoms with E-state index < -0.39 is 0 Å². The van der Waals surface area contributed by atoms with Crippen molar-refractivity contribution in [1.29, 1.82) is 0 Å². The lowest BCUT2D eigenvalue weighted by Crippen LogP contribution is -2.21. The Morgan fingerprint density at radius 1 is 1.19 bits per heavy atom. The molecule has 0 atom stereocenters. The summed E-state index contributed by atoms with van der Waals surface area (Å²) in [6.07, 6.45) is 0.873. The fourth-order valence-electron chi connectivity index (χ4n) is 1.88. The van der Waals surface area contributed by atoms with Crippen LogP contribution in [0.25, 0.3) is 10.6 Å².